The van der Waals surface area contributed by atoms with Crippen LogP contribution in [0.3, 0.4) is 0 Å². The predicted octanol–water partition coefficient (Wildman–Crippen LogP) is 0.888. The van der Waals surface area contributed by atoms with E-state index in [1.807, 2.05) is 6.92 Å². The Morgan fingerprint density at radius 3 is 2.80 bits per heavy atom. The molecule has 1 fully saturated rings. The molecule has 2 atom stereocenters. The maximum atomic E-state index is 11.2. The fourth-order valence-corrected chi connectivity index (χ4v) is 2.32. The molecule has 15 heavy (non-hydrogen) atoms. The van der Waals surface area contributed by atoms with Crippen LogP contribution in [0.15, 0.2) is 16.3 Å². The third kappa shape index (κ3) is 1.54. The standard InChI is InChI=1S/C11H17N3O/c1-6-7(2)13-8(3)14-5-9(11(12)15)4-10(6)14/h7,9H,4-5H2,1-3H3,(H2,12,15)/t7-,9-/m0/s1. The van der Waals surface area contributed by atoms with Crippen molar-refractivity contribution in [2.24, 2.45) is 16.6 Å². The lowest BCUT2D eigenvalue weighted by atomic mass is 10.0. The molecule has 0 aliphatic carbocycles. The third-order valence-electron chi connectivity index (χ3n) is 3.42. The highest BCUT2D eigenvalue weighted by Gasteiger charge is 2.35. The molecular formula is C11H17N3O. The van der Waals surface area contributed by atoms with E-state index in [4.69, 9.17) is 5.73 Å². The highest BCUT2D eigenvalue weighted by atomic mass is 16.1. The van der Waals surface area contributed by atoms with Crippen molar-refractivity contribution in [2.75, 3.05) is 6.54 Å². The average molecular weight is 207 g/mol. The first-order chi connectivity index (χ1) is 7.00. The fourth-order valence-electron chi connectivity index (χ4n) is 2.32. The molecule has 0 spiro atoms. The summed E-state index contributed by atoms with van der Waals surface area (Å²) in [6, 6.07) is 0.239. The molecule has 0 radical (unpaired) electrons. The van der Waals surface area contributed by atoms with E-state index >= 15 is 0 Å². The maximum absolute atomic E-state index is 11.2. The lowest BCUT2D eigenvalue weighted by Gasteiger charge is -2.28. The van der Waals surface area contributed by atoms with Crippen molar-refractivity contribution in [2.45, 2.75) is 33.2 Å². The molecule has 4 heteroatoms. The van der Waals surface area contributed by atoms with E-state index in [2.05, 4.69) is 23.7 Å². The van der Waals surface area contributed by atoms with Crippen molar-refractivity contribution in [3.8, 4) is 0 Å². The summed E-state index contributed by atoms with van der Waals surface area (Å²) >= 11 is 0. The van der Waals surface area contributed by atoms with Crippen molar-refractivity contribution in [1.29, 1.82) is 0 Å². The van der Waals surface area contributed by atoms with Gasteiger partial charge in [0.1, 0.15) is 5.84 Å². The first-order valence-corrected chi connectivity index (χ1v) is 5.31. The molecule has 0 aromatic rings. The molecule has 4 nitrogen and oxygen atoms in total. The molecule has 0 unspecified atom stereocenters. The minimum Gasteiger partial charge on any atom is -0.369 e. The van der Waals surface area contributed by atoms with E-state index in [9.17, 15) is 4.79 Å². The van der Waals surface area contributed by atoms with Crippen LogP contribution in [-0.4, -0.2) is 29.2 Å². The van der Waals surface area contributed by atoms with Gasteiger partial charge in [-0.15, -0.1) is 0 Å². The number of nitrogens with two attached hydrogens (primary N) is 1. The number of aliphatic imine (C=N–C) groups is 1. The van der Waals surface area contributed by atoms with Crippen LogP contribution >= 0.6 is 0 Å². The Labute approximate surface area is 89.8 Å². The zero-order chi connectivity index (χ0) is 11.2. The molecule has 2 heterocycles. The molecule has 0 bridgehead atoms. The van der Waals surface area contributed by atoms with Crippen LogP contribution < -0.4 is 5.73 Å². The van der Waals surface area contributed by atoms with Crippen LogP contribution in [0, 0.1) is 5.92 Å². The monoisotopic (exact) mass is 207 g/mol. The first-order valence-electron chi connectivity index (χ1n) is 5.31. The van der Waals surface area contributed by atoms with Crippen LogP contribution in [0.1, 0.15) is 27.2 Å². The minimum atomic E-state index is -0.204. The van der Waals surface area contributed by atoms with Crippen molar-refractivity contribution < 1.29 is 4.79 Å². The zero-order valence-corrected chi connectivity index (χ0v) is 9.45. The fraction of sp³-hybridized carbons (Fsp3) is 0.636. The van der Waals surface area contributed by atoms with Gasteiger partial charge >= 0.3 is 0 Å². The lowest BCUT2D eigenvalue weighted by Crippen LogP contribution is -2.33. The van der Waals surface area contributed by atoms with Crippen molar-refractivity contribution in [1.82, 2.24) is 4.90 Å². The van der Waals surface area contributed by atoms with E-state index in [1.54, 1.807) is 0 Å². The second-order valence-electron chi connectivity index (χ2n) is 4.40. The molecule has 2 rings (SSSR count). The van der Waals surface area contributed by atoms with Gasteiger partial charge in [-0.3, -0.25) is 9.79 Å². The van der Waals surface area contributed by atoms with E-state index in [0.717, 1.165) is 12.3 Å². The number of carbonyl (C=O) groups excluding carboxylic acids is 1. The number of hydrogen-bond donors (Lipinski definition) is 1. The van der Waals surface area contributed by atoms with Crippen LogP contribution in [0.5, 0.6) is 0 Å². The molecule has 0 saturated carbocycles. The number of nitrogens with zero attached hydrogens (tertiary/aromatic N) is 2. The van der Waals surface area contributed by atoms with E-state index in [0.29, 0.717) is 6.54 Å². The number of rotatable bonds is 1. The number of amides is 1. The second-order valence-corrected chi connectivity index (χ2v) is 4.40. The number of carbonyl (C=O) groups is 1. The summed E-state index contributed by atoms with van der Waals surface area (Å²) in [6.45, 7) is 6.86. The van der Waals surface area contributed by atoms with Crippen molar-refractivity contribution in [3.63, 3.8) is 0 Å². The Kier molecular flexibility index (Phi) is 2.29. The quantitative estimate of drug-likeness (QED) is 0.694. The highest BCUT2D eigenvalue weighted by Crippen LogP contribution is 2.33. The van der Waals surface area contributed by atoms with Gasteiger partial charge in [0.05, 0.1) is 12.0 Å². The Morgan fingerprint density at radius 1 is 1.53 bits per heavy atom. The molecular weight excluding hydrogens is 190 g/mol. The Hall–Kier alpha value is -1.32. The van der Waals surface area contributed by atoms with Gasteiger partial charge in [-0.05, 0) is 26.3 Å². The number of amidine groups is 1. The average Bonchev–Trinajstić information content (AvgIpc) is 2.59. The van der Waals surface area contributed by atoms with E-state index < -0.39 is 0 Å². The molecule has 0 aromatic carbocycles. The summed E-state index contributed by atoms with van der Waals surface area (Å²) in [4.78, 5) is 17.8. The number of fused-ring (bicyclic) bond motifs is 1. The summed E-state index contributed by atoms with van der Waals surface area (Å²) in [5, 5.41) is 0. The molecule has 2 aliphatic rings. The number of hydrogen-bond acceptors (Lipinski definition) is 3. The first kappa shape index (κ1) is 10.2. The third-order valence-corrected chi connectivity index (χ3v) is 3.42. The molecule has 1 amide bonds. The second kappa shape index (κ2) is 3.36. The van der Waals surface area contributed by atoms with Gasteiger partial charge < -0.3 is 10.6 Å². The van der Waals surface area contributed by atoms with Gasteiger partial charge in [0.15, 0.2) is 0 Å². The van der Waals surface area contributed by atoms with Gasteiger partial charge in [-0.25, -0.2) is 0 Å². The van der Waals surface area contributed by atoms with Crippen LogP contribution in [0.25, 0.3) is 0 Å². The maximum Gasteiger partial charge on any atom is 0.222 e. The van der Waals surface area contributed by atoms with Crippen molar-refractivity contribution in [3.05, 3.63) is 11.3 Å². The molecule has 2 aliphatic heterocycles. The lowest BCUT2D eigenvalue weighted by molar-refractivity contribution is -0.121. The molecule has 1 saturated heterocycles. The summed E-state index contributed by atoms with van der Waals surface area (Å²) in [7, 11) is 0. The molecule has 2 N–H and O–H groups in total. The molecule has 0 aromatic heterocycles. The van der Waals surface area contributed by atoms with Crippen LogP contribution in [-0.2, 0) is 4.79 Å². The largest absolute Gasteiger partial charge is 0.369 e. The minimum absolute atomic E-state index is 0.0506. The topological polar surface area (TPSA) is 58.7 Å². The Balaban J connectivity index is 2.32. The van der Waals surface area contributed by atoms with Gasteiger partial charge in [0.2, 0.25) is 5.91 Å². The van der Waals surface area contributed by atoms with Gasteiger partial charge in [0.25, 0.3) is 0 Å². The van der Waals surface area contributed by atoms with E-state index in [1.165, 1.54) is 11.3 Å². The Morgan fingerprint density at radius 2 is 2.20 bits per heavy atom. The Bertz CT molecular complexity index is 370. The van der Waals surface area contributed by atoms with Crippen molar-refractivity contribution >= 4 is 11.7 Å². The molecule has 82 valence electrons. The number of allylic oxidation sites excluding steroid dienone is 1. The summed E-state index contributed by atoms with van der Waals surface area (Å²) in [6.07, 6.45) is 0.776. The van der Waals surface area contributed by atoms with Gasteiger partial charge in [-0.2, -0.15) is 0 Å². The summed E-state index contributed by atoms with van der Waals surface area (Å²) in [5.41, 5.74) is 7.87. The van der Waals surface area contributed by atoms with Crippen LogP contribution in [0.4, 0.5) is 0 Å². The highest BCUT2D eigenvalue weighted by molar-refractivity contribution is 5.86. The SMILES string of the molecule is CC1=N[C@@H](C)C(C)=C2C[C@H](C(N)=O)CN12. The zero-order valence-electron chi connectivity index (χ0n) is 9.45. The summed E-state index contributed by atoms with van der Waals surface area (Å²) < 4.78 is 0. The van der Waals surface area contributed by atoms with Gasteiger partial charge in [0, 0.05) is 18.7 Å². The number of primary amides is 1. The van der Waals surface area contributed by atoms with E-state index in [-0.39, 0.29) is 17.9 Å². The normalized spacial score (nSPS) is 30.3. The summed E-state index contributed by atoms with van der Waals surface area (Å²) in [5.74, 6) is 0.752. The smallest absolute Gasteiger partial charge is 0.222 e. The van der Waals surface area contributed by atoms with Gasteiger partial charge in [-0.1, -0.05) is 0 Å². The predicted molar refractivity (Wildman–Crippen MR) is 59.3 cm³/mol. The van der Waals surface area contributed by atoms with Crippen LogP contribution in [0.2, 0.25) is 0 Å².